The monoisotopic (exact) mass is 410 g/mol. The molecule has 0 aliphatic carbocycles. The first-order valence-electron chi connectivity index (χ1n) is 9.45. The number of ether oxygens (including phenoxy) is 1. The van der Waals surface area contributed by atoms with E-state index < -0.39 is 21.5 Å². The maximum Gasteiger partial charge on any atom is 0.410 e. The number of amides is 2. The zero-order chi connectivity index (χ0) is 21.1. The molecule has 1 aliphatic rings. The van der Waals surface area contributed by atoms with Crippen molar-refractivity contribution in [2.45, 2.75) is 57.1 Å². The van der Waals surface area contributed by atoms with Crippen LogP contribution in [0.1, 0.15) is 52.1 Å². The molecule has 1 aliphatic heterocycles. The van der Waals surface area contributed by atoms with Gasteiger partial charge in [0.2, 0.25) is 5.91 Å². The van der Waals surface area contributed by atoms with Gasteiger partial charge in [0.05, 0.1) is 16.9 Å². The van der Waals surface area contributed by atoms with Gasteiger partial charge in [0, 0.05) is 19.3 Å². The molecule has 0 bridgehead atoms. The van der Waals surface area contributed by atoms with Crippen molar-refractivity contribution in [1.82, 2.24) is 10.2 Å². The SMILES string of the molecule is CC(NC(=O)C1CCCN(C(=O)OC(C)(C)C)C1)c1ccc(S(C)(=O)=O)cc1. The molecule has 2 rings (SSSR count). The van der Waals surface area contributed by atoms with Crippen LogP contribution >= 0.6 is 0 Å². The summed E-state index contributed by atoms with van der Waals surface area (Å²) in [6, 6.07) is 6.22. The van der Waals surface area contributed by atoms with E-state index in [2.05, 4.69) is 5.32 Å². The molecule has 0 radical (unpaired) electrons. The van der Waals surface area contributed by atoms with E-state index in [1.165, 1.54) is 12.1 Å². The molecule has 1 aromatic carbocycles. The molecule has 8 heteroatoms. The minimum Gasteiger partial charge on any atom is -0.444 e. The molecule has 7 nitrogen and oxygen atoms in total. The van der Waals surface area contributed by atoms with Gasteiger partial charge in [0.15, 0.2) is 9.84 Å². The van der Waals surface area contributed by atoms with Crippen LogP contribution in [0, 0.1) is 5.92 Å². The van der Waals surface area contributed by atoms with Crippen molar-refractivity contribution < 1.29 is 22.7 Å². The Hall–Kier alpha value is -2.09. The minimum absolute atomic E-state index is 0.118. The van der Waals surface area contributed by atoms with Crippen LogP contribution in [-0.4, -0.2) is 50.3 Å². The van der Waals surface area contributed by atoms with Gasteiger partial charge in [-0.05, 0) is 58.2 Å². The van der Waals surface area contributed by atoms with Gasteiger partial charge < -0.3 is 15.0 Å². The van der Waals surface area contributed by atoms with Crippen LogP contribution in [0.5, 0.6) is 0 Å². The maximum absolute atomic E-state index is 12.7. The summed E-state index contributed by atoms with van der Waals surface area (Å²) < 4.78 is 28.5. The van der Waals surface area contributed by atoms with Gasteiger partial charge in [-0.3, -0.25) is 4.79 Å². The molecule has 2 atom stereocenters. The van der Waals surface area contributed by atoms with E-state index in [0.29, 0.717) is 19.5 Å². The van der Waals surface area contributed by atoms with Crippen molar-refractivity contribution in [3.05, 3.63) is 29.8 Å². The molecule has 0 saturated carbocycles. The van der Waals surface area contributed by atoms with Crippen LogP contribution in [0.25, 0.3) is 0 Å². The van der Waals surface area contributed by atoms with Crippen LogP contribution in [0.15, 0.2) is 29.2 Å². The van der Waals surface area contributed by atoms with Crippen molar-refractivity contribution in [2.24, 2.45) is 5.92 Å². The average molecular weight is 411 g/mol. The van der Waals surface area contributed by atoms with Gasteiger partial charge in [-0.2, -0.15) is 0 Å². The predicted molar refractivity (Wildman–Crippen MR) is 107 cm³/mol. The average Bonchev–Trinajstić information content (AvgIpc) is 2.59. The van der Waals surface area contributed by atoms with Gasteiger partial charge >= 0.3 is 6.09 Å². The van der Waals surface area contributed by atoms with Crippen LogP contribution < -0.4 is 5.32 Å². The Morgan fingerprint density at radius 2 is 1.82 bits per heavy atom. The number of likely N-dealkylation sites (tertiary alicyclic amines) is 1. The number of nitrogens with zero attached hydrogens (tertiary/aromatic N) is 1. The van der Waals surface area contributed by atoms with E-state index in [9.17, 15) is 18.0 Å². The lowest BCUT2D eigenvalue weighted by Crippen LogP contribution is -2.47. The molecule has 1 N–H and O–H groups in total. The summed E-state index contributed by atoms with van der Waals surface area (Å²) in [6.45, 7) is 8.21. The molecule has 1 saturated heterocycles. The Labute approximate surface area is 167 Å². The third kappa shape index (κ3) is 6.22. The van der Waals surface area contributed by atoms with Crippen molar-refractivity contribution in [3.8, 4) is 0 Å². The van der Waals surface area contributed by atoms with Crippen molar-refractivity contribution in [1.29, 1.82) is 0 Å². The van der Waals surface area contributed by atoms with Gasteiger partial charge in [-0.15, -0.1) is 0 Å². The zero-order valence-corrected chi connectivity index (χ0v) is 18.0. The number of carbonyl (C=O) groups is 2. The number of hydrogen-bond donors (Lipinski definition) is 1. The number of rotatable bonds is 4. The topological polar surface area (TPSA) is 92.8 Å². The number of nitrogens with one attached hydrogen (secondary N) is 1. The maximum atomic E-state index is 12.7. The first-order valence-corrected chi connectivity index (χ1v) is 11.3. The molecule has 2 amide bonds. The molecule has 0 spiro atoms. The molecule has 0 aromatic heterocycles. The second kappa shape index (κ2) is 8.51. The Morgan fingerprint density at radius 1 is 1.21 bits per heavy atom. The molecule has 1 aromatic rings. The molecule has 28 heavy (non-hydrogen) atoms. The third-order valence-electron chi connectivity index (χ3n) is 4.61. The summed E-state index contributed by atoms with van der Waals surface area (Å²) in [5.41, 5.74) is 0.249. The highest BCUT2D eigenvalue weighted by atomic mass is 32.2. The van der Waals surface area contributed by atoms with Gasteiger partial charge in [-0.25, -0.2) is 13.2 Å². The Kier molecular flexibility index (Phi) is 6.75. The van der Waals surface area contributed by atoms with E-state index in [4.69, 9.17) is 4.74 Å². The quantitative estimate of drug-likeness (QED) is 0.824. The van der Waals surface area contributed by atoms with Gasteiger partial charge in [-0.1, -0.05) is 12.1 Å². The van der Waals surface area contributed by atoms with Gasteiger partial charge in [0.1, 0.15) is 5.60 Å². The highest BCUT2D eigenvalue weighted by Gasteiger charge is 2.31. The summed E-state index contributed by atoms with van der Waals surface area (Å²) in [5.74, 6) is -0.410. The number of carbonyl (C=O) groups excluding carboxylic acids is 2. The minimum atomic E-state index is -3.25. The van der Waals surface area contributed by atoms with Crippen LogP contribution in [0.3, 0.4) is 0 Å². The lowest BCUT2D eigenvalue weighted by molar-refractivity contribution is -0.127. The Bertz CT molecular complexity index is 812. The zero-order valence-electron chi connectivity index (χ0n) is 17.2. The number of hydrogen-bond acceptors (Lipinski definition) is 5. The summed E-state index contributed by atoms with van der Waals surface area (Å²) in [7, 11) is -3.25. The third-order valence-corrected chi connectivity index (χ3v) is 5.74. The van der Waals surface area contributed by atoms with Gasteiger partial charge in [0.25, 0.3) is 0 Å². The van der Waals surface area contributed by atoms with E-state index in [1.54, 1.807) is 17.0 Å². The van der Waals surface area contributed by atoms with Crippen LogP contribution in [-0.2, 0) is 19.4 Å². The van der Waals surface area contributed by atoms with Crippen LogP contribution in [0.2, 0.25) is 0 Å². The molecule has 1 heterocycles. The first kappa shape index (κ1) is 22.2. The normalized spacial score (nSPS) is 19.0. The molecule has 156 valence electrons. The smallest absolute Gasteiger partial charge is 0.410 e. The molecule has 1 fully saturated rings. The fraction of sp³-hybridized carbons (Fsp3) is 0.600. The predicted octanol–water partition coefficient (Wildman–Crippen LogP) is 2.91. The van der Waals surface area contributed by atoms with E-state index in [1.807, 2.05) is 27.7 Å². The highest BCUT2D eigenvalue weighted by Crippen LogP contribution is 2.22. The summed E-state index contributed by atoms with van der Waals surface area (Å²) in [6.07, 6.45) is 2.22. The van der Waals surface area contributed by atoms with Crippen molar-refractivity contribution in [3.63, 3.8) is 0 Å². The van der Waals surface area contributed by atoms with Crippen molar-refractivity contribution >= 4 is 21.8 Å². The largest absolute Gasteiger partial charge is 0.444 e. The van der Waals surface area contributed by atoms with Crippen molar-refractivity contribution in [2.75, 3.05) is 19.3 Å². The lowest BCUT2D eigenvalue weighted by atomic mass is 9.96. The number of piperidine rings is 1. The number of benzene rings is 1. The molecular formula is C20H30N2O5S. The molecule has 2 unspecified atom stereocenters. The second-order valence-electron chi connectivity index (χ2n) is 8.34. The standard InChI is InChI=1S/C20H30N2O5S/c1-14(15-8-10-17(11-9-15)28(5,25)26)21-18(23)16-7-6-12-22(13-16)19(24)27-20(2,3)4/h8-11,14,16H,6-7,12-13H2,1-5H3,(H,21,23). The second-order valence-corrected chi connectivity index (χ2v) is 10.4. The summed E-state index contributed by atoms with van der Waals surface area (Å²) >= 11 is 0. The Balaban J connectivity index is 1.97. The molecular weight excluding hydrogens is 380 g/mol. The number of sulfone groups is 1. The fourth-order valence-electron chi connectivity index (χ4n) is 3.10. The highest BCUT2D eigenvalue weighted by molar-refractivity contribution is 7.90. The van der Waals surface area contributed by atoms with Crippen LogP contribution in [0.4, 0.5) is 4.79 Å². The van der Waals surface area contributed by atoms with E-state index in [-0.39, 0.29) is 22.8 Å². The lowest BCUT2D eigenvalue weighted by Gasteiger charge is -2.34. The summed E-state index contributed by atoms with van der Waals surface area (Å²) in [5, 5.41) is 2.96. The Morgan fingerprint density at radius 3 is 2.36 bits per heavy atom. The van der Waals surface area contributed by atoms with E-state index in [0.717, 1.165) is 18.2 Å². The summed E-state index contributed by atoms with van der Waals surface area (Å²) in [4.78, 5) is 26.8. The fourth-order valence-corrected chi connectivity index (χ4v) is 3.73. The first-order chi connectivity index (χ1) is 12.9. The van der Waals surface area contributed by atoms with E-state index >= 15 is 0 Å².